The monoisotopic (exact) mass is 573 g/mol. The second kappa shape index (κ2) is 14.6. The number of carbonyl (C=O) groups excluding carboxylic acids is 4. The van der Waals surface area contributed by atoms with E-state index in [4.69, 9.17) is 9.47 Å². The maximum atomic E-state index is 13.9. The Morgan fingerprint density at radius 3 is 2.41 bits per heavy atom. The molecular formula is C30H47N5O6. The Balaban J connectivity index is 1.91. The van der Waals surface area contributed by atoms with Crippen molar-refractivity contribution in [1.82, 2.24) is 25.3 Å². The molecule has 11 nitrogen and oxygen atoms in total. The van der Waals surface area contributed by atoms with E-state index >= 15 is 0 Å². The van der Waals surface area contributed by atoms with Crippen LogP contribution in [-0.4, -0.2) is 116 Å². The second-order valence-electron chi connectivity index (χ2n) is 11.9. The first-order valence-electron chi connectivity index (χ1n) is 14.6. The van der Waals surface area contributed by atoms with Gasteiger partial charge in [-0.2, -0.15) is 0 Å². The van der Waals surface area contributed by atoms with Crippen LogP contribution in [0.25, 0.3) is 0 Å². The zero-order valence-electron chi connectivity index (χ0n) is 25.4. The maximum Gasteiger partial charge on any atom is 0.258 e. The number of nitrogens with one attached hydrogen (secondary N) is 2. The fourth-order valence-electron chi connectivity index (χ4n) is 5.52. The molecule has 228 valence electrons. The van der Waals surface area contributed by atoms with Gasteiger partial charge in [0, 0.05) is 45.2 Å². The Morgan fingerprint density at radius 2 is 1.80 bits per heavy atom. The Morgan fingerprint density at radius 1 is 1.10 bits per heavy atom. The van der Waals surface area contributed by atoms with Crippen LogP contribution in [0.1, 0.15) is 46.6 Å². The van der Waals surface area contributed by atoms with E-state index < -0.39 is 23.9 Å². The molecule has 4 rings (SSSR count). The molecule has 0 unspecified atom stereocenters. The van der Waals surface area contributed by atoms with Gasteiger partial charge in [0.25, 0.3) is 5.91 Å². The average molecular weight is 574 g/mol. The SMILES string of the molecule is CCN1CCN(C(=O)[C@H]2Cc3ccc(cc3)OCC(=O)N[C@@H](CC(C)C)C(=O)N(CCOC)CC(=O)N2)CC1(C)C. The number of piperazine rings is 1. The van der Waals surface area contributed by atoms with Crippen molar-refractivity contribution >= 4 is 23.6 Å². The van der Waals surface area contributed by atoms with Crippen molar-refractivity contribution in [2.24, 2.45) is 5.92 Å². The molecule has 1 fully saturated rings. The quantitative estimate of drug-likeness (QED) is 0.468. The largest absolute Gasteiger partial charge is 0.484 e. The summed E-state index contributed by atoms with van der Waals surface area (Å²) in [5.41, 5.74) is 0.645. The highest BCUT2D eigenvalue weighted by molar-refractivity contribution is 5.93. The Bertz CT molecular complexity index is 1060. The van der Waals surface area contributed by atoms with Crippen LogP contribution in [0.5, 0.6) is 5.75 Å². The van der Waals surface area contributed by atoms with Crippen LogP contribution < -0.4 is 15.4 Å². The minimum atomic E-state index is -0.833. The van der Waals surface area contributed by atoms with Gasteiger partial charge in [-0.05, 0) is 50.4 Å². The third-order valence-electron chi connectivity index (χ3n) is 7.69. The van der Waals surface area contributed by atoms with E-state index in [1.165, 1.54) is 12.0 Å². The Labute approximate surface area is 243 Å². The van der Waals surface area contributed by atoms with Crippen molar-refractivity contribution in [3.63, 3.8) is 0 Å². The highest BCUT2D eigenvalue weighted by Gasteiger charge is 2.37. The smallest absolute Gasteiger partial charge is 0.258 e. The van der Waals surface area contributed by atoms with E-state index in [1.54, 1.807) is 12.1 Å². The lowest BCUT2D eigenvalue weighted by Gasteiger charge is -2.47. The molecule has 0 aliphatic carbocycles. The first kappa shape index (κ1) is 32.3. The van der Waals surface area contributed by atoms with E-state index in [9.17, 15) is 19.2 Å². The third-order valence-corrected chi connectivity index (χ3v) is 7.69. The number of hydrogen-bond acceptors (Lipinski definition) is 7. The predicted molar refractivity (Wildman–Crippen MR) is 155 cm³/mol. The lowest BCUT2D eigenvalue weighted by Crippen LogP contribution is -2.63. The molecule has 4 amide bonds. The number of ether oxygens (including phenoxy) is 2. The molecule has 0 saturated carbocycles. The number of nitrogens with zero attached hydrogens (tertiary/aromatic N) is 3. The van der Waals surface area contributed by atoms with Crippen molar-refractivity contribution in [2.75, 3.05) is 59.6 Å². The Kier molecular flexibility index (Phi) is 11.5. The summed E-state index contributed by atoms with van der Waals surface area (Å²) in [6, 6.07) is 5.51. The molecule has 0 radical (unpaired) electrons. The predicted octanol–water partition coefficient (Wildman–Crippen LogP) is 1.05. The van der Waals surface area contributed by atoms with Crippen LogP contribution in [0.3, 0.4) is 0 Å². The Hall–Kier alpha value is -3.18. The molecule has 11 heteroatoms. The molecule has 3 heterocycles. The van der Waals surface area contributed by atoms with Crippen molar-refractivity contribution < 1.29 is 28.7 Å². The van der Waals surface area contributed by atoms with E-state index in [2.05, 4.69) is 36.3 Å². The van der Waals surface area contributed by atoms with Gasteiger partial charge in [0.05, 0.1) is 13.2 Å². The zero-order valence-corrected chi connectivity index (χ0v) is 25.4. The fourth-order valence-corrected chi connectivity index (χ4v) is 5.52. The van der Waals surface area contributed by atoms with Gasteiger partial charge >= 0.3 is 0 Å². The zero-order chi connectivity index (χ0) is 30.2. The molecule has 41 heavy (non-hydrogen) atoms. The minimum absolute atomic E-state index is 0.112. The molecule has 2 atom stereocenters. The summed E-state index contributed by atoms with van der Waals surface area (Å²) in [5.74, 6) is -0.790. The number of carbonyl (C=O) groups is 4. The summed E-state index contributed by atoms with van der Waals surface area (Å²) in [4.78, 5) is 59.2. The number of rotatable bonds is 7. The molecular weight excluding hydrogens is 526 g/mol. The van der Waals surface area contributed by atoms with E-state index in [1.807, 2.05) is 30.9 Å². The maximum absolute atomic E-state index is 13.9. The lowest BCUT2D eigenvalue weighted by molar-refractivity contribution is -0.143. The molecule has 0 aromatic heterocycles. The molecule has 1 saturated heterocycles. The number of fused-ring (bicyclic) bond motifs is 13. The highest BCUT2D eigenvalue weighted by Crippen LogP contribution is 2.22. The summed E-state index contributed by atoms with van der Waals surface area (Å²) in [7, 11) is 1.52. The fraction of sp³-hybridized carbons (Fsp3) is 0.667. The normalized spacial score (nSPS) is 22.9. The van der Waals surface area contributed by atoms with Gasteiger partial charge in [0.15, 0.2) is 6.61 Å². The van der Waals surface area contributed by atoms with Gasteiger partial charge in [0.1, 0.15) is 17.8 Å². The molecule has 1 aromatic carbocycles. The molecule has 2 bridgehead atoms. The first-order chi connectivity index (χ1) is 19.4. The third kappa shape index (κ3) is 9.16. The van der Waals surface area contributed by atoms with E-state index in [-0.39, 0.29) is 56.0 Å². The molecule has 3 aliphatic rings. The van der Waals surface area contributed by atoms with Gasteiger partial charge in [-0.3, -0.25) is 24.1 Å². The van der Waals surface area contributed by atoms with Gasteiger partial charge in [0.2, 0.25) is 17.7 Å². The average Bonchev–Trinajstić information content (AvgIpc) is 2.92. The summed E-state index contributed by atoms with van der Waals surface area (Å²) in [6.07, 6.45) is 0.673. The van der Waals surface area contributed by atoms with Gasteiger partial charge in [-0.15, -0.1) is 0 Å². The summed E-state index contributed by atoms with van der Waals surface area (Å²) in [5, 5.41) is 5.71. The summed E-state index contributed by atoms with van der Waals surface area (Å²) >= 11 is 0. The van der Waals surface area contributed by atoms with Crippen molar-refractivity contribution in [1.29, 1.82) is 0 Å². The minimum Gasteiger partial charge on any atom is -0.484 e. The molecule has 0 spiro atoms. The van der Waals surface area contributed by atoms with Crippen LogP contribution in [0.15, 0.2) is 24.3 Å². The van der Waals surface area contributed by atoms with Crippen LogP contribution in [-0.2, 0) is 30.3 Å². The van der Waals surface area contributed by atoms with Crippen LogP contribution in [0, 0.1) is 5.92 Å². The van der Waals surface area contributed by atoms with Crippen LogP contribution in [0.4, 0.5) is 0 Å². The van der Waals surface area contributed by atoms with Crippen molar-refractivity contribution in [2.45, 2.75) is 65.1 Å². The van der Waals surface area contributed by atoms with E-state index in [0.717, 1.165) is 18.7 Å². The van der Waals surface area contributed by atoms with Crippen LogP contribution >= 0.6 is 0 Å². The topological polar surface area (TPSA) is 121 Å². The van der Waals surface area contributed by atoms with Crippen molar-refractivity contribution in [3.8, 4) is 5.75 Å². The van der Waals surface area contributed by atoms with Crippen LogP contribution in [0.2, 0.25) is 0 Å². The molecule has 3 aliphatic heterocycles. The van der Waals surface area contributed by atoms with Gasteiger partial charge in [-0.1, -0.05) is 32.9 Å². The molecule has 2 N–H and O–H groups in total. The van der Waals surface area contributed by atoms with E-state index in [0.29, 0.717) is 25.3 Å². The number of benzene rings is 1. The lowest BCUT2D eigenvalue weighted by atomic mass is 9.97. The van der Waals surface area contributed by atoms with Crippen molar-refractivity contribution in [3.05, 3.63) is 29.8 Å². The number of hydrogen-bond donors (Lipinski definition) is 2. The molecule has 1 aromatic rings. The summed E-state index contributed by atoms with van der Waals surface area (Å²) < 4.78 is 10.9. The number of likely N-dealkylation sites (N-methyl/N-ethyl adjacent to an activating group) is 1. The second-order valence-corrected chi connectivity index (χ2v) is 11.9. The number of methoxy groups -OCH3 is 1. The summed E-state index contributed by atoms with van der Waals surface area (Å²) in [6.45, 7) is 12.9. The standard InChI is InChI=1S/C30H47N5O6/c1-7-35-13-12-34(20-30(35,4)5)29(39)25-17-22-8-10-23(11-9-22)41-19-27(37)32-24(16-21(2)3)28(38)33(14-15-40-6)18-26(36)31-25/h8-11,21,24-25H,7,12-20H2,1-6H3,(H,31,36)(H,32,37)/t24-,25+/m0/s1. The highest BCUT2D eigenvalue weighted by atomic mass is 16.5. The van der Waals surface area contributed by atoms with Gasteiger partial charge < -0.3 is 29.9 Å². The number of amides is 4. The van der Waals surface area contributed by atoms with Gasteiger partial charge in [-0.25, -0.2) is 0 Å². The first-order valence-corrected chi connectivity index (χ1v) is 14.6.